The van der Waals surface area contributed by atoms with E-state index in [1.54, 1.807) is 6.07 Å². The zero-order chi connectivity index (χ0) is 14.4. The van der Waals surface area contributed by atoms with Gasteiger partial charge in [-0.2, -0.15) is 5.26 Å². The van der Waals surface area contributed by atoms with Crippen molar-refractivity contribution in [2.45, 2.75) is 20.3 Å². The monoisotopic (exact) mass is 267 g/mol. The van der Waals surface area contributed by atoms with Crippen molar-refractivity contribution in [1.82, 2.24) is 9.97 Å². The van der Waals surface area contributed by atoms with Gasteiger partial charge in [0.1, 0.15) is 24.0 Å². The molecular formula is C15H17N5. The average Bonchev–Trinajstić information content (AvgIpc) is 2.48. The standard InChI is InChI=1S/C15H17N5/c1-3-8-17-14-11(2)15(19-10-18-14)20-13-7-5-4-6-12(13)9-16/h4-7,10H,3,8H2,1-2H3,(H2,17,18,19,20). The Hall–Kier alpha value is -2.61. The maximum Gasteiger partial charge on any atom is 0.138 e. The van der Waals surface area contributed by atoms with Crippen molar-refractivity contribution >= 4 is 17.3 Å². The minimum absolute atomic E-state index is 0.591. The number of aromatic nitrogens is 2. The number of rotatable bonds is 5. The van der Waals surface area contributed by atoms with Crippen LogP contribution in [0, 0.1) is 18.3 Å². The Morgan fingerprint density at radius 2 is 1.95 bits per heavy atom. The summed E-state index contributed by atoms with van der Waals surface area (Å²) >= 11 is 0. The van der Waals surface area contributed by atoms with E-state index in [1.165, 1.54) is 6.33 Å². The highest BCUT2D eigenvalue weighted by Crippen LogP contribution is 2.24. The minimum atomic E-state index is 0.591. The van der Waals surface area contributed by atoms with Gasteiger partial charge in [-0.3, -0.25) is 0 Å². The van der Waals surface area contributed by atoms with Crippen LogP contribution in [0.25, 0.3) is 0 Å². The van der Waals surface area contributed by atoms with E-state index in [0.29, 0.717) is 11.4 Å². The molecule has 0 aliphatic rings. The van der Waals surface area contributed by atoms with E-state index in [9.17, 15) is 0 Å². The van der Waals surface area contributed by atoms with Gasteiger partial charge in [-0.1, -0.05) is 19.1 Å². The molecule has 5 nitrogen and oxygen atoms in total. The molecule has 0 radical (unpaired) electrons. The average molecular weight is 267 g/mol. The zero-order valence-corrected chi connectivity index (χ0v) is 11.6. The molecule has 1 heterocycles. The maximum absolute atomic E-state index is 9.10. The first kappa shape index (κ1) is 13.8. The molecule has 0 spiro atoms. The number of benzene rings is 1. The highest BCUT2D eigenvalue weighted by molar-refractivity contribution is 5.68. The molecule has 0 aliphatic carbocycles. The molecule has 2 aromatic rings. The summed E-state index contributed by atoms with van der Waals surface area (Å²) < 4.78 is 0. The molecule has 0 saturated heterocycles. The van der Waals surface area contributed by atoms with Crippen LogP contribution in [0.5, 0.6) is 0 Å². The Balaban J connectivity index is 2.28. The molecule has 20 heavy (non-hydrogen) atoms. The molecule has 0 amide bonds. The van der Waals surface area contributed by atoms with E-state index in [2.05, 4.69) is 33.6 Å². The van der Waals surface area contributed by atoms with Gasteiger partial charge in [0.05, 0.1) is 11.3 Å². The number of hydrogen-bond donors (Lipinski definition) is 2. The highest BCUT2D eigenvalue weighted by Gasteiger charge is 2.08. The van der Waals surface area contributed by atoms with E-state index >= 15 is 0 Å². The maximum atomic E-state index is 9.10. The lowest BCUT2D eigenvalue weighted by Crippen LogP contribution is -2.07. The number of nitrogens with zero attached hydrogens (tertiary/aromatic N) is 3. The van der Waals surface area contributed by atoms with E-state index < -0.39 is 0 Å². The Bertz CT molecular complexity index is 630. The van der Waals surface area contributed by atoms with Gasteiger partial charge in [0.25, 0.3) is 0 Å². The lowest BCUT2D eigenvalue weighted by Gasteiger charge is -2.13. The van der Waals surface area contributed by atoms with E-state index in [1.807, 2.05) is 25.1 Å². The zero-order valence-electron chi connectivity index (χ0n) is 11.6. The van der Waals surface area contributed by atoms with Gasteiger partial charge < -0.3 is 10.6 Å². The van der Waals surface area contributed by atoms with E-state index in [-0.39, 0.29) is 0 Å². The van der Waals surface area contributed by atoms with Crippen LogP contribution in [0.15, 0.2) is 30.6 Å². The molecule has 0 atom stereocenters. The highest BCUT2D eigenvalue weighted by atomic mass is 15.1. The van der Waals surface area contributed by atoms with Crippen molar-refractivity contribution in [2.24, 2.45) is 0 Å². The third-order valence-electron chi connectivity index (χ3n) is 2.93. The predicted octanol–water partition coefficient (Wildman–Crippen LogP) is 3.22. The van der Waals surface area contributed by atoms with Crippen molar-refractivity contribution < 1.29 is 0 Å². The summed E-state index contributed by atoms with van der Waals surface area (Å²) in [6, 6.07) is 9.52. The Labute approximate surface area is 118 Å². The molecule has 0 unspecified atom stereocenters. The molecule has 0 bridgehead atoms. The fourth-order valence-electron chi connectivity index (χ4n) is 1.81. The van der Waals surface area contributed by atoms with Crippen LogP contribution in [0.4, 0.5) is 17.3 Å². The van der Waals surface area contributed by atoms with Crippen LogP contribution >= 0.6 is 0 Å². The van der Waals surface area contributed by atoms with Crippen molar-refractivity contribution in [3.8, 4) is 6.07 Å². The van der Waals surface area contributed by atoms with Crippen LogP contribution in [0.1, 0.15) is 24.5 Å². The summed E-state index contributed by atoms with van der Waals surface area (Å²) in [7, 11) is 0. The number of nitrogens with one attached hydrogen (secondary N) is 2. The van der Waals surface area contributed by atoms with Gasteiger partial charge in [0.15, 0.2) is 0 Å². The number of nitriles is 1. The van der Waals surface area contributed by atoms with Crippen LogP contribution in [-0.2, 0) is 0 Å². The fourth-order valence-corrected chi connectivity index (χ4v) is 1.81. The predicted molar refractivity (Wildman–Crippen MR) is 80.0 cm³/mol. The number of hydrogen-bond acceptors (Lipinski definition) is 5. The van der Waals surface area contributed by atoms with Crippen LogP contribution in [0.2, 0.25) is 0 Å². The SMILES string of the molecule is CCCNc1ncnc(Nc2ccccc2C#N)c1C. The van der Waals surface area contributed by atoms with Crippen molar-refractivity contribution in [2.75, 3.05) is 17.2 Å². The van der Waals surface area contributed by atoms with E-state index in [4.69, 9.17) is 5.26 Å². The second kappa shape index (κ2) is 6.53. The molecule has 0 saturated carbocycles. The first-order valence-corrected chi connectivity index (χ1v) is 6.58. The first-order valence-electron chi connectivity index (χ1n) is 6.58. The van der Waals surface area contributed by atoms with Crippen molar-refractivity contribution in [1.29, 1.82) is 5.26 Å². The van der Waals surface area contributed by atoms with Gasteiger partial charge in [-0.25, -0.2) is 9.97 Å². The molecule has 5 heteroatoms. The van der Waals surface area contributed by atoms with Gasteiger partial charge in [-0.15, -0.1) is 0 Å². The Kier molecular flexibility index (Phi) is 4.51. The summed E-state index contributed by atoms with van der Waals surface area (Å²) in [6.07, 6.45) is 2.55. The number of para-hydroxylation sites is 1. The smallest absolute Gasteiger partial charge is 0.138 e. The summed E-state index contributed by atoms with van der Waals surface area (Å²) in [5.41, 5.74) is 2.28. The third-order valence-corrected chi connectivity index (χ3v) is 2.93. The molecule has 1 aromatic heterocycles. The Morgan fingerprint density at radius 3 is 2.70 bits per heavy atom. The normalized spacial score (nSPS) is 9.85. The minimum Gasteiger partial charge on any atom is -0.370 e. The van der Waals surface area contributed by atoms with Crippen LogP contribution < -0.4 is 10.6 Å². The molecule has 2 rings (SSSR count). The van der Waals surface area contributed by atoms with Gasteiger partial charge in [0, 0.05) is 12.1 Å². The lowest BCUT2D eigenvalue weighted by atomic mass is 10.2. The molecule has 0 fully saturated rings. The number of anilines is 3. The summed E-state index contributed by atoms with van der Waals surface area (Å²) in [5, 5.41) is 15.6. The quantitative estimate of drug-likeness (QED) is 0.870. The summed E-state index contributed by atoms with van der Waals surface area (Å²) in [6.45, 7) is 4.92. The molecule has 102 valence electrons. The van der Waals surface area contributed by atoms with Crippen LogP contribution in [0.3, 0.4) is 0 Å². The summed E-state index contributed by atoms with van der Waals surface area (Å²) in [4.78, 5) is 8.48. The molecule has 1 aromatic carbocycles. The van der Waals surface area contributed by atoms with Crippen molar-refractivity contribution in [3.05, 3.63) is 41.7 Å². The largest absolute Gasteiger partial charge is 0.370 e. The van der Waals surface area contributed by atoms with Gasteiger partial charge in [0.2, 0.25) is 0 Å². The third kappa shape index (κ3) is 3.04. The topological polar surface area (TPSA) is 73.6 Å². The van der Waals surface area contributed by atoms with Crippen molar-refractivity contribution in [3.63, 3.8) is 0 Å². The fraction of sp³-hybridized carbons (Fsp3) is 0.267. The molecule has 2 N–H and O–H groups in total. The van der Waals surface area contributed by atoms with E-state index in [0.717, 1.165) is 30.0 Å². The lowest BCUT2D eigenvalue weighted by molar-refractivity contribution is 0.960. The second-order valence-electron chi connectivity index (χ2n) is 4.41. The summed E-state index contributed by atoms with van der Waals surface area (Å²) in [5.74, 6) is 1.53. The van der Waals surface area contributed by atoms with Gasteiger partial charge >= 0.3 is 0 Å². The van der Waals surface area contributed by atoms with Gasteiger partial charge in [-0.05, 0) is 25.5 Å². The molecule has 0 aliphatic heterocycles. The molecular weight excluding hydrogens is 250 g/mol. The Morgan fingerprint density at radius 1 is 1.20 bits per heavy atom. The second-order valence-corrected chi connectivity index (χ2v) is 4.41. The first-order chi connectivity index (χ1) is 9.76. The van der Waals surface area contributed by atoms with Crippen LogP contribution in [-0.4, -0.2) is 16.5 Å².